The SMILES string of the molecule is CNC(=O)c1cnc(NC2CCN(c3ccccn3)CC2)c(NCc2ccc(F)c(Oc3ccccc3)c2)c1. The number of benzene rings is 2. The minimum atomic E-state index is -0.440. The molecule has 9 heteroatoms. The average molecular weight is 527 g/mol. The van der Waals surface area contributed by atoms with E-state index < -0.39 is 5.82 Å². The number of carbonyl (C=O) groups excluding carboxylic acids is 1. The Morgan fingerprint density at radius 3 is 2.56 bits per heavy atom. The zero-order valence-electron chi connectivity index (χ0n) is 21.7. The van der Waals surface area contributed by atoms with E-state index in [0.29, 0.717) is 29.4 Å². The molecule has 3 N–H and O–H groups in total. The molecule has 0 spiro atoms. The number of rotatable bonds is 9. The largest absolute Gasteiger partial charge is 0.454 e. The van der Waals surface area contributed by atoms with Crippen molar-refractivity contribution < 1.29 is 13.9 Å². The van der Waals surface area contributed by atoms with E-state index in [9.17, 15) is 9.18 Å². The lowest BCUT2D eigenvalue weighted by molar-refractivity contribution is 0.0963. The normalized spacial score (nSPS) is 13.5. The number of para-hydroxylation sites is 1. The van der Waals surface area contributed by atoms with Gasteiger partial charge in [-0.25, -0.2) is 14.4 Å². The molecular weight excluding hydrogens is 495 g/mol. The molecule has 0 unspecified atom stereocenters. The van der Waals surface area contributed by atoms with E-state index in [-0.39, 0.29) is 17.7 Å². The number of nitrogens with one attached hydrogen (secondary N) is 3. The molecular formula is C30H31FN6O2. The fourth-order valence-electron chi connectivity index (χ4n) is 4.52. The van der Waals surface area contributed by atoms with E-state index in [1.54, 1.807) is 43.6 Å². The van der Waals surface area contributed by atoms with E-state index >= 15 is 0 Å². The molecule has 200 valence electrons. The first kappa shape index (κ1) is 26.0. The summed E-state index contributed by atoms with van der Waals surface area (Å²) in [5.41, 5.74) is 1.96. The highest BCUT2D eigenvalue weighted by molar-refractivity contribution is 5.95. The molecule has 1 aliphatic rings. The number of amides is 1. The van der Waals surface area contributed by atoms with Crippen molar-refractivity contribution in [3.05, 3.63) is 102 Å². The Bertz CT molecular complexity index is 1400. The van der Waals surface area contributed by atoms with Crippen molar-refractivity contribution in [2.45, 2.75) is 25.4 Å². The molecule has 3 heterocycles. The monoisotopic (exact) mass is 526 g/mol. The Morgan fingerprint density at radius 2 is 1.82 bits per heavy atom. The van der Waals surface area contributed by atoms with Gasteiger partial charge in [0.2, 0.25) is 0 Å². The van der Waals surface area contributed by atoms with E-state index in [1.807, 2.05) is 42.6 Å². The van der Waals surface area contributed by atoms with Gasteiger partial charge in [-0.3, -0.25) is 4.79 Å². The lowest BCUT2D eigenvalue weighted by Crippen LogP contribution is -2.39. The number of anilines is 3. The van der Waals surface area contributed by atoms with Crippen LogP contribution in [0.2, 0.25) is 0 Å². The molecule has 1 aliphatic heterocycles. The highest BCUT2D eigenvalue weighted by Crippen LogP contribution is 2.28. The number of nitrogens with zero attached hydrogens (tertiary/aromatic N) is 3. The number of hydrogen-bond donors (Lipinski definition) is 3. The van der Waals surface area contributed by atoms with E-state index in [2.05, 4.69) is 30.8 Å². The summed E-state index contributed by atoms with van der Waals surface area (Å²) >= 11 is 0. The van der Waals surface area contributed by atoms with Gasteiger partial charge in [-0.05, 0) is 60.9 Å². The summed E-state index contributed by atoms with van der Waals surface area (Å²) in [6.07, 6.45) is 5.23. The summed E-state index contributed by atoms with van der Waals surface area (Å²) in [4.78, 5) is 23.6. The number of pyridine rings is 2. The molecule has 4 aromatic rings. The van der Waals surface area contributed by atoms with Gasteiger partial charge in [0, 0.05) is 45.1 Å². The Balaban J connectivity index is 1.29. The molecule has 2 aromatic carbocycles. The lowest BCUT2D eigenvalue weighted by Gasteiger charge is -2.33. The van der Waals surface area contributed by atoms with Gasteiger partial charge >= 0.3 is 0 Å². The first-order valence-corrected chi connectivity index (χ1v) is 13.0. The van der Waals surface area contributed by atoms with Gasteiger partial charge in [-0.15, -0.1) is 0 Å². The quantitative estimate of drug-likeness (QED) is 0.267. The molecule has 1 fully saturated rings. The van der Waals surface area contributed by atoms with Crippen molar-refractivity contribution in [1.82, 2.24) is 15.3 Å². The summed E-state index contributed by atoms with van der Waals surface area (Å²) in [5, 5.41) is 9.58. The number of carbonyl (C=O) groups is 1. The lowest BCUT2D eigenvalue weighted by atomic mass is 10.0. The Hall–Kier alpha value is -4.66. The smallest absolute Gasteiger partial charge is 0.252 e. The number of piperidine rings is 1. The van der Waals surface area contributed by atoms with Crippen molar-refractivity contribution in [3.8, 4) is 11.5 Å². The average Bonchev–Trinajstić information content (AvgIpc) is 2.99. The Labute approximate surface area is 227 Å². The van der Waals surface area contributed by atoms with Crippen LogP contribution in [0.4, 0.5) is 21.7 Å². The summed E-state index contributed by atoms with van der Waals surface area (Å²) in [5.74, 6) is 1.70. The predicted molar refractivity (Wildman–Crippen MR) is 151 cm³/mol. The summed E-state index contributed by atoms with van der Waals surface area (Å²) in [6.45, 7) is 2.15. The molecule has 0 aliphatic carbocycles. The highest BCUT2D eigenvalue weighted by Gasteiger charge is 2.22. The van der Waals surface area contributed by atoms with Gasteiger partial charge in [0.1, 0.15) is 17.4 Å². The fraction of sp³-hybridized carbons (Fsp3) is 0.233. The van der Waals surface area contributed by atoms with Crippen LogP contribution in [0.5, 0.6) is 11.5 Å². The van der Waals surface area contributed by atoms with Gasteiger partial charge in [0.05, 0.1) is 11.3 Å². The third-order valence-electron chi connectivity index (χ3n) is 6.64. The molecule has 0 atom stereocenters. The molecule has 0 bridgehead atoms. The number of hydrogen-bond acceptors (Lipinski definition) is 7. The van der Waals surface area contributed by atoms with Crippen LogP contribution in [0.3, 0.4) is 0 Å². The number of ether oxygens (including phenoxy) is 1. The highest BCUT2D eigenvalue weighted by atomic mass is 19.1. The van der Waals surface area contributed by atoms with Gasteiger partial charge in [0.25, 0.3) is 5.91 Å². The van der Waals surface area contributed by atoms with Crippen LogP contribution in [0.25, 0.3) is 0 Å². The maximum absolute atomic E-state index is 14.4. The molecule has 2 aromatic heterocycles. The number of halogens is 1. The third-order valence-corrected chi connectivity index (χ3v) is 6.64. The second kappa shape index (κ2) is 12.3. The zero-order chi connectivity index (χ0) is 27.0. The molecule has 1 saturated heterocycles. The molecule has 0 radical (unpaired) electrons. The van der Waals surface area contributed by atoms with Crippen molar-refractivity contribution >= 4 is 23.2 Å². The molecule has 39 heavy (non-hydrogen) atoms. The summed E-state index contributed by atoms with van der Waals surface area (Å²) in [6, 6.07) is 21.8. The first-order valence-electron chi connectivity index (χ1n) is 13.0. The van der Waals surface area contributed by atoms with Crippen LogP contribution in [0.1, 0.15) is 28.8 Å². The second-order valence-electron chi connectivity index (χ2n) is 9.33. The standard InChI is InChI=1S/C30H31FN6O2/c1-32-30(38)22-18-26(34-19-21-10-11-25(31)27(17-21)39-24-7-3-2-4-8-24)29(35-20-22)36-23-12-15-37(16-13-23)28-9-5-6-14-33-28/h2-11,14,17-18,20,23,34H,12-13,15-16,19H2,1H3,(H,32,38)(H,35,36). The summed E-state index contributed by atoms with van der Waals surface area (Å²) in [7, 11) is 1.59. The minimum Gasteiger partial charge on any atom is -0.454 e. The Morgan fingerprint density at radius 1 is 1.03 bits per heavy atom. The van der Waals surface area contributed by atoms with Crippen molar-refractivity contribution in [3.63, 3.8) is 0 Å². The Kier molecular flexibility index (Phi) is 8.16. The maximum Gasteiger partial charge on any atom is 0.252 e. The predicted octanol–water partition coefficient (Wildman–Crippen LogP) is 5.46. The molecule has 8 nitrogen and oxygen atoms in total. The van der Waals surface area contributed by atoms with Gasteiger partial charge in [0.15, 0.2) is 11.6 Å². The van der Waals surface area contributed by atoms with Crippen LogP contribution in [0.15, 0.2) is 85.2 Å². The summed E-state index contributed by atoms with van der Waals surface area (Å²) < 4.78 is 20.2. The van der Waals surface area contributed by atoms with Gasteiger partial charge in [-0.1, -0.05) is 30.3 Å². The molecule has 5 rings (SSSR count). The third kappa shape index (κ3) is 6.62. The van der Waals surface area contributed by atoms with Crippen LogP contribution in [-0.4, -0.2) is 42.1 Å². The minimum absolute atomic E-state index is 0.149. The van der Waals surface area contributed by atoms with Crippen LogP contribution in [-0.2, 0) is 6.54 Å². The number of aromatic nitrogens is 2. The van der Waals surface area contributed by atoms with Crippen LogP contribution in [0, 0.1) is 5.82 Å². The zero-order valence-corrected chi connectivity index (χ0v) is 21.7. The van der Waals surface area contributed by atoms with Crippen molar-refractivity contribution in [2.24, 2.45) is 0 Å². The van der Waals surface area contributed by atoms with Crippen LogP contribution >= 0.6 is 0 Å². The second-order valence-corrected chi connectivity index (χ2v) is 9.33. The molecule has 0 saturated carbocycles. The van der Waals surface area contributed by atoms with E-state index in [0.717, 1.165) is 37.3 Å². The van der Waals surface area contributed by atoms with Gasteiger partial charge in [-0.2, -0.15) is 0 Å². The van der Waals surface area contributed by atoms with Crippen molar-refractivity contribution in [1.29, 1.82) is 0 Å². The van der Waals surface area contributed by atoms with Crippen LogP contribution < -0.4 is 25.6 Å². The van der Waals surface area contributed by atoms with Crippen molar-refractivity contribution in [2.75, 3.05) is 35.7 Å². The molecule has 1 amide bonds. The van der Waals surface area contributed by atoms with Gasteiger partial charge < -0.3 is 25.6 Å². The van der Waals surface area contributed by atoms with E-state index in [1.165, 1.54) is 6.07 Å². The fourth-order valence-corrected chi connectivity index (χ4v) is 4.52. The first-order chi connectivity index (χ1) is 19.1. The topological polar surface area (TPSA) is 91.4 Å². The maximum atomic E-state index is 14.4. The van der Waals surface area contributed by atoms with E-state index in [4.69, 9.17) is 4.74 Å².